The van der Waals surface area contributed by atoms with Gasteiger partial charge >= 0.3 is 0 Å². The SMILES string of the molecule is CC1(C)c2ccccc2-c2ccc(N(c3ccc(-c4ccccc4)cc3)c3cccc4oc5c6ccccc6c6c7ccccc7oc6c5c34)cc21. The van der Waals surface area contributed by atoms with Crippen LogP contribution in [0.3, 0.4) is 0 Å². The van der Waals surface area contributed by atoms with E-state index < -0.39 is 0 Å². The highest BCUT2D eigenvalue weighted by molar-refractivity contribution is 6.35. The minimum absolute atomic E-state index is 0.140. The molecule has 0 N–H and O–H groups in total. The Hall–Kier alpha value is -6.58. The van der Waals surface area contributed by atoms with E-state index in [1.807, 2.05) is 6.07 Å². The van der Waals surface area contributed by atoms with Crippen molar-refractivity contribution in [3.05, 3.63) is 175 Å². The molecule has 3 heteroatoms. The molecule has 0 bridgehead atoms. The van der Waals surface area contributed by atoms with Crippen LogP contribution in [0.2, 0.25) is 0 Å². The summed E-state index contributed by atoms with van der Waals surface area (Å²) < 4.78 is 13.7. The average molecular weight is 668 g/mol. The molecule has 1 aliphatic carbocycles. The summed E-state index contributed by atoms with van der Waals surface area (Å²) in [5.74, 6) is 0. The molecule has 0 fully saturated rings. The lowest BCUT2D eigenvalue weighted by molar-refractivity contribution is 0.660. The van der Waals surface area contributed by atoms with Crippen molar-refractivity contribution in [1.82, 2.24) is 0 Å². The van der Waals surface area contributed by atoms with Crippen molar-refractivity contribution >= 4 is 71.7 Å². The normalized spacial score (nSPS) is 13.3. The first kappa shape index (κ1) is 29.2. The Morgan fingerprint density at radius 1 is 0.423 bits per heavy atom. The molecule has 0 saturated heterocycles. The van der Waals surface area contributed by atoms with Crippen molar-refractivity contribution in [2.45, 2.75) is 19.3 Å². The summed E-state index contributed by atoms with van der Waals surface area (Å²) in [5.41, 5.74) is 14.1. The number of benzene rings is 8. The van der Waals surface area contributed by atoms with Gasteiger partial charge in [0.15, 0.2) is 0 Å². The lowest BCUT2D eigenvalue weighted by atomic mass is 9.82. The van der Waals surface area contributed by atoms with Gasteiger partial charge in [0.05, 0.1) is 16.5 Å². The molecule has 11 rings (SSSR count). The van der Waals surface area contributed by atoms with Crippen LogP contribution in [-0.2, 0) is 5.41 Å². The van der Waals surface area contributed by atoms with E-state index in [2.05, 4.69) is 176 Å². The summed E-state index contributed by atoms with van der Waals surface area (Å²) in [7, 11) is 0. The zero-order valence-electron chi connectivity index (χ0n) is 28.9. The van der Waals surface area contributed by atoms with Crippen LogP contribution in [0.25, 0.3) is 76.9 Å². The largest absolute Gasteiger partial charge is 0.455 e. The minimum atomic E-state index is -0.140. The van der Waals surface area contributed by atoms with E-state index in [0.29, 0.717) is 0 Å². The van der Waals surface area contributed by atoms with Gasteiger partial charge in [-0.25, -0.2) is 0 Å². The molecule has 52 heavy (non-hydrogen) atoms. The highest BCUT2D eigenvalue weighted by atomic mass is 16.3. The second-order valence-corrected chi connectivity index (χ2v) is 14.5. The fraction of sp³-hybridized carbons (Fsp3) is 0.0612. The summed E-state index contributed by atoms with van der Waals surface area (Å²) in [5, 5.41) is 6.46. The first-order valence-corrected chi connectivity index (χ1v) is 17.9. The number of nitrogens with zero attached hydrogens (tertiary/aromatic N) is 1. The maximum absolute atomic E-state index is 6.87. The standard InChI is InChI=1S/C49H33NO2/c1-49(2)39-19-10-8-15-34(39)35-28-27-33(29-40(35)49)50(32-25-23-31(24-26-32)30-13-4-3-5-14-30)41-20-12-22-43-45(41)46-47(52-43)37-17-7-6-16-36(37)44-38-18-9-11-21-42(38)51-48(44)46/h3-29H,1-2H3. The van der Waals surface area contributed by atoms with Crippen LogP contribution in [0.5, 0.6) is 0 Å². The number of para-hydroxylation sites is 1. The van der Waals surface area contributed by atoms with Crippen molar-refractivity contribution in [2.75, 3.05) is 4.90 Å². The Kier molecular flexibility index (Phi) is 6.01. The second kappa shape index (κ2) is 10.7. The molecule has 2 aromatic heterocycles. The van der Waals surface area contributed by atoms with Crippen LogP contribution >= 0.6 is 0 Å². The number of hydrogen-bond acceptors (Lipinski definition) is 3. The topological polar surface area (TPSA) is 29.5 Å². The molecule has 10 aromatic rings. The predicted octanol–water partition coefficient (Wildman–Crippen LogP) is 14.1. The third-order valence-corrected chi connectivity index (χ3v) is 11.3. The smallest absolute Gasteiger partial charge is 0.147 e. The van der Waals surface area contributed by atoms with Gasteiger partial charge in [0.2, 0.25) is 0 Å². The Bertz CT molecular complexity index is 3040. The van der Waals surface area contributed by atoms with Gasteiger partial charge in [-0.1, -0.05) is 135 Å². The second-order valence-electron chi connectivity index (χ2n) is 14.5. The van der Waals surface area contributed by atoms with E-state index in [-0.39, 0.29) is 5.41 Å². The summed E-state index contributed by atoms with van der Waals surface area (Å²) in [4.78, 5) is 2.40. The molecular formula is C49H33NO2. The van der Waals surface area contributed by atoms with E-state index in [1.165, 1.54) is 33.4 Å². The first-order chi connectivity index (χ1) is 25.6. The summed E-state index contributed by atoms with van der Waals surface area (Å²) in [6.07, 6.45) is 0. The molecule has 0 aliphatic heterocycles. The molecule has 8 aromatic carbocycles. The summed E-state index contributed by atoms with van der Waals surface area (Å²) >= 11 is 0. The molecule has 0 spiro atoms. The first-order valence-electron chi connectivity index (χ1n) is 17.9. The van der Waals surface area contributed by atoms with E-state index in [1.54, 1.807) is 0 Å². The lowest BCUT2D eigenvalue weighted by Gasteiger charge is -2.28. The van der Waals surface area contributed by atoms with Gasteiger partial charge in [-0.15, -0.1) is 0 Å². The number of furan rings is 2. The van der Waals surface area contributed by atoms with Crippen molar-refractivity contribution in [3.8, 4) is 22.3 Å². The van der Waals surface area contributed by atoms with Crippen molar-refractivity contribution < 1.29 is 8.83 Å². The molecule has 0 unspecified atom stereocenters. The maximum atomic E-state index is 6.87. The average Bonchev–Trinajstić information content (AvgIpc) is 3.85. The number of rotatable bonds is 4. The van der Waals surface area contributed by atoms with E-state index in [9.17, 15) is 0 Å². The van der Waals surface area contributed by atoms with Gasteiger partial charge in [-0.2, -0.15) is 0 Å². The fourth-order valence-electron chi connectivity index (χ4n) is 8.80. The van der Waals surface area contributed by atoms with Crippen molar-refractivity contribution in [3.63, 3.8) is 0 Å². The van der Waals surface area contributed by atoms with Gasteiger partial charge in [0, 0.05) is 32.9 Å². The fourth-order valence-corrected chi connectivity index (χ4v) is 8.80. The lowest BCUT2D eigenvalue weighted by Crippen LogP contribution is -2.16. The summed E-state index contributed by atoms with van der Waals surface area (Å²) in [6, 6.07) is 58.6. The van der Waals surface area contributed by atoms with E-state index in [0.717, 1.165) is 71.7 Å². The van der Waals surface area contributed by atoms with Gasteiger partial charge in [-0.05, 0) is 81.2 Å². The van der Waals surface area contributed by atoms with Crippen LogP contribution < -0.4 is 4.90 Å². The molecule has 2 heterocycles. The van der Waals surface area contributed by atoms with Crippen molar-refractivity contribution in [1.29, 1.82) is 0 Å². The highest BCUT2D eigenvalue weighted by Gasteiger charge is 2.36. The monoisotopic (exact) mass is 667 g/mol. The van der Waals surface area contributed by atoms with E-state index >= 15 is 0 Å². The molecule has 3 nitrogen and oxygen atoms in total. The molecule has 0 radical (unpaired) electrons. The van der Waals surface area contributed by atoms with Gasteiger partial charge in [0.1, 0.15) is 22.3 Å². The molecule has 0 saturated carbocycles. The zero-order valence-corrected chi connectivity index (χ0v) is 28.9. The van der Waals surface area contributed by atoms with E-state index in [4.69, 9.17) is 8.83 Å². The molecule has 0 atom stereocenters. The molecule has 246 valence electrons. The number of anilines is 3. The summed E-state index contributed by atoms with van der Waals surface area (Å²) in [6.45, 7) is 4.68. The molecule has 1 aliphatic rings. The zero-order chi connectivity index (χ0) is 34.6. The van der Waals surface area contributed by atoms with Crippen molar-refractivity contribution in [2.24, 2.45) is 0 Å². The quantitative estimate of drug-likeness (QED) is 0.187. The highest BCUT2D eigenvalue weighted by Crippen LogP contribution is 2.53. The van der Waals surface area contributed by atoms with Gasteiger partial charge in [-0.3, -0.25) is 0 Å². The van der Waals surface area contributed by atoms with Gasteiger partial charge < -0.3 is 13.7 Å². The molecule has 0 amide bonds. The Morgan fingerprint density at radius 3 is 1.90 bits per heavy atom. The van der Waals surface area contributed by atoms with Crippen LogP contribution in [0.4, 0.5) is 17.1 Å². The van der Waals surface area contributed by atoms with Crippen LogP contribution in [0.15, 0.2) is 173 Å². The minimum Gasteiger partial charge on any atom is -0.455 e. The Labute approximate surface area is 301 Å². The number of fused-ring (bicyclic) bond motifs is 13. The Morgan fingerprint density at radius 2 is 1.06 bits per heavy atom. The molecular weight excluding hydrogens is 635 g/mol. The van der Waals surface area contributed by atoms with Crippen LogP contribution in [0, 0.1) is 0 Å². The van der Waals surface area contributed by atoms with Crippen LogP contribution in [-0.4, -0.2) is 0 Å². The predicted molar refractivity (Wildman–Crippen MR) is 216 cm³/mol. The van der Waals surface area contributed by atoms with Gasteiger partial charge in [0.25, 0.3) is 0 Å². The third kappa shape index (κ3) is 4.02. The number of hydrogen-bond donors (Lipinski definition) is 0. The maximum Gasteiger partial charge on any atom is 0.147 e. The van der Waals surface area contributed by atoms with Crippen LogP contribution in [0.1, 0.15) is 25.0 Å². The Balaban J connectivity index is 1.22. The third-order valence-electron chi connectivity index (χ3n) is 11.3.